The second-order valence-electron chi connectivity index (χ2n) is 6.01. The average molecular weight is 338 g/mol. The van der Waals surface area contributed by atoms with Crippen molar-refractivity contribution in [3.63, 3.8) is 0 Å². The number of benzene rings is 1. The second-order valence-corrected chi connectivity index (χ2v) is 7.87. The lowest BCUT2D eigenvalue weighted by Crippen LogP contribution is -2.31. The topological polar surface area (TPSA) is 63.4 Å². The fourth-order valence-electron chi connectivity index (χ4n) is 2.83. The van der Waals surface area contributed by atoms with Gasteiger partial charge in [0.05, 0.1) is 11.7 Å². The highest BCUT2D eigenvalue weighted by atomic mass is 32.2. The zero-order valence-electron chi connectivity index (χ0n) is 13.1. The van der Waals surface area contributed by atoms with E-state index in [1.807, 2.05) is 13.8 Å². The maximum atomic E-state index is 13.9. The highest BCUT2D eigenvalue weighted by Gasteiger charge is 2.39. The highest BCUT2D eigenvalue weighted by Crippen LogP contribution is 2.37. The summed E-state index contributed by atoms with van der Waals surface area (Å²) in [6.07, 6.45) is 1.34. The first kappa shape index (κ1) is 16.1. The molecule has 1 atom stereocenters. The molecular weight excluding hydrogens is 319 g/mol. The van der Waals surface area contributed by atoms with Crippen molar-refractivity contribution in [2.45, 2.75) is 43.5 Å². The van der Waals surface area contributed by atoms with E-state index in [1.165, 1.54) is 22.5 Å². The summed E-state index contributed by atoms with van der Waals surface area (Å²) < 4.78 is 46.2. The van der Waals surface area contributed by atoms with Crippen LogP contribution in [0.4, 0.5) is 4.39 Å². The molecule has 7 heteroatoms. The molecule has 2 heterocycles. The van der Waals surface area contributed by atoms with Crippen molar-refractivity contribution in [1.29, 1.82) is 0 Å². The summed E-state index contributed by atoms with van der Waals surface area (Å²) in [6.45, 7) is 4.33. The Morgan fingerprint density at radius 1 is 1.35 bits per heavy atom. The largest absolute Gasteiger partial charge is 0.359 e. The summed E-state index contributed by atoms with van der Waals surface area (Å²) in [4.78, 5) is -0.296. The van der Waals surface area contributed by atoms with Crippen molar-refractivity contribution in [2.75, 3.05) is 6.54 Å². The first-order valence-corrected chi connectivity index (χ1v) is 9.08. The lowest BCUT2D eigenvalue weighted by molar-refractivity contribution is 0.295. The molecule has 23 heavy (non-hydrogen) atoms. The molecule has 0 bridgehead atoms. The van der Waals surface area contributed by atoms with E-state index in [0.717, 1.165) is 11.8 Å². The Bertz CT molecular complexity index is 801. The Kier molecular flexibility index (Phi) is 4.25. The summed E-state index contributed by atoms with van der Waals surface area (Å²) in [7, 11) is -3.91. The monoisotopic (exact) mass is 338 g/mol. The van der Waals surface area contributed by atoms with Gasteiger partial charge in [0.1, 0.15) is 10.7 Å². The molecule has 0 saturated carbocycles. The number of hydrogen-bond acceptors (Lipinski definition) is 4. The van der Waals surface area contributed by atoms with Crippen LogP contribution in [0.2, 0.25) is 0 Å². The number of sulfonamides is 1. The van der Waals surface area contributed by atoms with Crippen LogP contribution < -0.4 is 0 Å². The third-order valence-electron chi connectivity index (χ3n) is 4.09. The van der Waals surface area contributed by atoms with Gasteiger partial charge in [0.15, 0.2) is 5.76 Å². The van der Waals surface area contributed by atoms with Crippen LogP contribution in [0.3, 0.4) is 0 Å². The maximum absolute atomic E-state index is 13.9. The fraction of sp³-hybridized carbons (Fsp3) is 0.438. The van der Waals surface area contributed by atoms with Crippen molar-refractivity contribution in [2.24, 2.45) is 0 Å². The van der Waals surface area contributed by atoms with Crippen LogP contribution in [0.15, 0.2) is 39.8 Å². The van der Waals surface area contributed by atoms with Crippen LogP contribution in [-0.4, -0.2) is 24.4 Å². The Morgan fingerprint density at radius 3 is 2.74 bits per heavy atom. The molecule has 5 nitrogen and oxygen atoms in total. The highest BCUT2D eigenvalue weighted by molar-refractivity contribution is 7.89. The van der Waals surface area contributed by atoms with Crippen LogP contribution in [0.1, 0.15) is 50.1 Å². The van der Waals surface area contributed by atoms with Gasteiger partial charge in [-0.05, 0) is 30.9 Å². The number of rotatable bonds is 4. The zero-order valence-corrected chi connectivity index (χ0v) is 13.9. The number of aromatic nitrogens is 1. The first-order chi connectivity index (χ1) is 10.9. The molecule has 3 rings (SSSR count). The lowest BCUT2D eigenvalue weighted by atomic mass is 10.1. The predicted octanol–water partition coefficient (Wildman–Crippen LogP) is 3.46. The molecule has 1 aromatic heterocycles. The summed E-state index contributed by atoms with van der Waals surface area (Å²) >= 11 is 0. The maximum Gasteiger partial charge on any atom is 0.246 e. The Morgan fingerprint density at radius 2 is 2.09 bits per heavy atom. The van der Waals surface area contributed by atoms with Crippen LogP contribution >= 0.6 is 0 Å². The minimum absolute atomic E-state index is 0.200. The van der Waals surface area contributed by atoms with Crippen molar-refractivity contribution in [3.8, 4) is 0 Å². The minimum atomic E-state index is -3.91. The van der Waals surface area contributed by atoms with Gasteiger partial charge in [0.25, 0.3) is 0 Å². The smallest absolute Gasteiger partial charge is 0.246 e. The average Bonchev–Trinajstić information content (AvgIpc) is 3.16. The minimum Gasteiger partial charge on any atom is -0.359 e. The molecule has 1 saturated heterocycles. The van der Waals surface area contributed by atoms with Gasteiger partial charge in [-0.15, -0.1) is 0 Å². The van der Waals surface area contributed by atoms with Gasteiger partial charge < -0.3 is 4.52 Å². The van der Waals surface area contributed by atoms with E-state index in [1.54, 1.807) is 6.07 Å². The molecule has 124 valence electrons. The molecule has 0 radical (unpaired) electrons. The van der Waals surface area contributed by atoms with Crippen molar-refractivity contribution in [3.05, 3.63) is 47.6 Å². The summed E-state index contributed by atoms with van der Waals surface area (Å²) in [6, 6.07) is 6.81. The quantitative estimate of drug-likeness (QED) is 0.856. The van der Waals surface area contributed by atoms with E-state index in [0.29, 0.717) is 25.1 Å². The summed E-state index contributed by atoms with van der Waals surface area (Å²) in [5.74, 6) is -0.0183. The number of hydrogen-bond donors (Lipinski definition) is 0. The Hall–Kier alpha value is -1.73. The Balaban J connectivity index is 1.96. The van der Waals surface area contributed by atoms with Gasteiger partial charge in [0.2, 0.25) is 10.0 Å². The lowest BCUT2D eigenvalue weighted by Gasteiger charge is -2.22. The number of nitrogens with zero attached hydrogens (tertiary/aromatic N) is 2. The summed E-state index contributed by atoms with van der Waals surface area (Å²) in [5.41, 5.74) is 0.787. The van der Waals surface area contributed by atoms with Gasteiger partial charge >= 0.3 is 0 Å². The Labute approximate surface area is 135 Å². The van der Waals surface area contributed by atoms with E-state index in [2.05, 4.69) is 5.16 Å². The standard InChI is InChI=1S/C16H19FN2O3S/c1-11(2)13-10-15(22-18-13)14-7-5-9-19(14)23(20,21)16-8-4-3-6-12(16)17/h3-4,6,8,10-11,14H,5,7,9H2,1-2H3/t14-/m1/s1. The number of halogens is 1. The van der Waals surface area contributed by atoms with Gasteiger partial charge in [-0.1, -0.05) is 31.1 Å². The van der Waals surface area contributed by atoms with E-state index >= 15 is 0 Å². The molecule has 1 aliphatic rings. The SMILES string of the molecule is CC(C)c1cc([C@H]2CCCN2S(=O)(=O)c2ccccc2F)on1. The van der Waals surface area contributed by atoms with Crippen molar-refractivity contribution in [1.82, 2.24) is 9.46 Å². The van der Waals surface area contributed by atoms with Crippen LogP contribution in [-0.2, 0) is 10.0 Å². The van der Waals surface area contributed by atoms with E-state index < -0.39 is 21.9 Å². The van der Waals surface area contributed by atoms with Crippen LogP contribution in [0, 0.1) is 5.82 Å². The predicted molar refractivity (Wildman–Crippen MR) is 82.9 cm³/mol. The molecular formula is C16H19FN2O3S. The molecule has 1 fully saturated rings. The fourth-order valence-corrected chi connectivity index (χ4v) is 4.56. The second kappa shape index (κ2) is 6.05. The molecule has 0 spiro atoms. The molecule has 1 aromatic carbocycles. The van der Waals surface area contributed by atoms with Crippen LogP contribution in [0.25, 0.3) is 0 Å². The third-order valence-corrected chi connectivity index (χ3v) is 6.03. The van der Waals surface area contributed by atoms with Gasteiger partial charge in [-0.2, -0.15) is 4.31 Å². The van der Waals surface area contributed by atoms with Crippen molar-refractivity contribution < 1.29 is 17.3 Å². The molecule has 0 N–H and O–H groups in total. The molecule has 0 unspecified atom stereocenters. The van der Waals surface area contributed by atoms with E-state index in [-0.39, 0.29) is 10.8 Å². The third kappa shape index (κ3) is 2.90. The van der Waals surface area contributed by atoms with E-state index in [9.17, 15) is 12.8 Å². The molecule has 1 aliphatic heterocycles. The zero-order chi connectivity index (χ0) is 16.6. The first-order valence-electron chi connectivity index (χ1n) is 7.64. The molecule has 2 aromatic rings. The van der Waals surface area contributed by atoms with Gasteiger partial charge in [-0.25, -0.2) is 12.8 Å². The van der Waals surface area contributed by atoms with Crippen LogP contribution in [0.5, 0.6) is 0 Å². The molecule has 0 aliphatic carbocycles. The van der Waals surface area contributed by atoms with E-state index in [4.69, 9.17) is 4.52 Å². The van der Waals surface area contributed by atoms with Crippen molar-refractivity contribution >= 4 is 10.0 Å². The molecule has 0 amide bonds. The van der Waals surface area contributed by atoms with Gasteiger partial charge in [0, 0.05) is 12.6 Å². The van der Waals surface area contributed by atoms with Gasteiger partial charge in [-0.3, -0.25) is 0 Å². The normalized spacial score (nSPS) is 19.6. The summed E-state index contributed by atoms with van der Waals surface area (Å²) in [5, 5.41) is 4.00.